The number of likely N-dealkylation sites (tertiary alicyclic amines) is 1. The maximum Gasteiger partial charge on any atom is 0.416 e. The molecule has 2 fully saturated rings. The molecule has 1 N–H and O–H groups in total. The minimum Gasteiger partial charge on any atom is -0.467 e. The van der Waals surface area contributed by atoms with Crippen molar-refractivity contribution in [3.8, 4) is 6.01 Å². The molecule has 40 heavy (non-hydrogen) atoms. The molecule has 9 nitrogen and oxygen atoms in total. The Balaban J connectivity index is 1.30. The van der Waals surface area contributed by atoms with E-state index in [1.165, 1.54) is 13.2 Å². The number of methoxy groups -OCH3 is 2. The monoisotopic (exact) mass is 563 g/mol. The lowest BCUT2D eigenvalue weighted by Gasteiger charge is -2.38. The molecule has 12 heteroatoms. The zero-order valence-corrected chi connectivity index (χ0v) is 23.1. The van der Waals surface area contributed by atoms with E-state index in [1.54, 1.807) is 25.0 Å². The van der Waals surface area contributed by atoms with Crippen LogP contribution < -0.4 is 15.0 Å². The Morgan fingerprint density at radius 1 is 1.10 bits per heavy atom. The van der Waals surface area contributed by atoms with Gasteiger partial charge in [-0.3, -0.25) is 4.79 Å². The van der Waals surface area contributed by atoms with Gasteiger partial charge in [-0.1, -0.05) is 6.07 Å². The zero-order chi connectivity index (χ0) is 28.4. The molecule has 0 spiro atoms. The third-order valence-electron chi connectivity index (χ3n) is 8.17. The van der Waals surface area contributed by atoms with E-state index in [2.05, 4.69) is 15.3 Å². The maximum atomic E-state index is 13.7. The summed E-state index contributed by atoms with van der Waals surface area (Å²) in [6.07, 6.45) is -1.33. The van der Waals surface area contributed by atoms with Crippen molar-refractivity contribution >= 4 is 11.7 Å². The van der Waals surface area contributed by atoms with E-state index < -0.39 is 11.7 Å². The second-order valence-corrected chi connectivity index (χ2v) is 10.6. The van der Waals surface area contributed by atoms with Gasteiger partial charge in [0.2, 0.25) is 0 Å². The summed E-state index contributed by atoms with van der Waals surface area (Å²) in [6.45, 7) is 5.03. The highest BCUT2D eigenvalue weighted by molar-refractivity contribution is 5.95. The van der Waals surface area contributed by atoms with Crippen LogP contribution in [0.2, 0.25) is 0 Å². The zero-order valence-electron chi connectivity index (χ0n) is 23.1. The first-order valence-corrected chi connectivity index (χ1v) is 13.7. The number of anilines is 1. The van der Waals surface area contributed by atoms with Crippen LogP contribution in [0.15, 0.2) is 18.2 Å². The molecule has 0 radical (unpaired) electrons. The standard InChI is InChI=1S/C28H36F3N5O4/c1-17-24(26(37)35-11-7-21(8-12-35)32-22-9-13-40-16-23(22)38-2)33-27(39-3)34-25(17)36-10-6-18-4-5-20(28(29,30)31)14-19(18)15-36/h4-5,14,21-23,32H,6-13,15-16H2,1-3H3. The average Bonchev–Trinajstić information content (AvgIpc) is 2.96. The quantitative estimate of drug-likeness (QED) is 0.573. The summed E-state index contributed by atoms with van der Waals surface area (Å²) < 4.78 is 56.4. The van der Waals surface area contributed by atoms with Gasteiger partial charge in [0.05, 0.1) is 25.4 Å². The second kappa shape index (κ2) is 11.9. The van der Waals surface area contributed by atoms with Gasteiger partial charge in [0, 0.05) is 57.5 Å². The summed E-state index contributed by atoms with van der Waals surface area (Å²) in [6, 6.07) is 4.44. The number of amides is 1. The van der Waals surface area contributed by atoms with Gasteiger partial charge in [0.1, 0.15) is 11.5 Å². The number of rotatable bonds is 6. The highest BCUT2D eigenvalue weighted by Gasteiger charge is 2.34. The van der Waals surface area contributed by atoms with Crippen LogP contribution in [-0.2, 0) is 28.6 Å². The lowest BCUT2D eigenvalue weighted by molar-refractivity contribution is -0.137. The molecule has 2 saturated heterocycles. The van der Waals surface area contributed by atoms with Crippen LogP contribution in [0.3, 0.4) is 0 Å². The fourth-order valence-corrected chi connectivity index (χ4v) is 5.84. The Kier molecular flexibility index (Phi) is 8.48. The number of ether oxygens (including phenoxy) is 3. The van der Waals surface area contributed by atoms with E-state index in [4.69, 9.17) is 14.2 Å². The number of benzene rings is 1. The first-order chi connectivity index (χ1) is 19.2. The van der Waals surface area contributed by atoms with E-state index in [-0.39, 0.29) is 42.3 Å². The number of aromatic nitrogens is 2. The molecule has 3 aliphatic heterocycles. The molecule has 0 bridgehead atoms. The minimum atomic E-state index is -4.41. The fraction of sp³-hybridized carbons (Fsp3) is 0.607. The van der Waals surface area contributed by atoms with Crippen LogP contribution in [-0.4, -0.2) is 86.0 Å². The van der Waals surface area contributed by atoms with Gasteiger partial charge in [-0.25, -0.2) is 0 Å². The molecule has 1 aromatic heterocycles. The lowest BCUT2D eigenvalue weighted by Crippen LogP contribution is -2.54. The Hall–Kier alpha value is -2.96. The third-order valence-corrected chi connectivity index (χ3v) is 8.17. The Morgan fingerprint density at radius 3 is 2.58 bits per heavy atom. The van der Waals surface area contributed by atoms with E-state index in [0.29, 0.717) is 56.2 Å². The molecule has 1 aromatic carbocycles. The number of hydrogen-bond donors (Lipinski definition) is 1. The first-order valence-electron chi connectivity index (χ1n) is 13.7. The predicted molar refractivity (Wildman–Crippen MR) is 142 cm³/mol. The predicted octanol–water partition coefficient (Wildman–Crippen LogP) is 3.37. The maximum absolute atomic E-state index is 13.7. The average molecular weight is 564 g/mol. The van der Waals surface area contributed by atoms with Crippen molar-refractivity contribution in [2.24, 2.45) is 0 Å². The van der Waals surface area contributed by atoms with Crippen LogP contribution in [0.4, 0.5) is 19.0 Å². The van der Waals surface area contributed by atoms with Gasteiger partial charge in [0.15, 0.2) is 0 Å². The molecule has 0 saturated carbocycles. The summed E-state index contributed by atoms with van der Waals surface area (Å²) in [5.41, 5.74) is 1.65. The lowest BCUT2D eigenvalue weighted by atomic mass is 9.96. The molecule has 2 unspecified atom stereocenters. The van der Waals surface area contributed by atoms with E-state index >= 15 is 0 Å². The Bertz CT molecular complexity index is 1220. The summed E-state index contributed by atoms with van der Waals surface area (Å²) in [7, 11) is 3.13. The molecule has 4 heterocycles. The van der Waals surface area contributed by atoms with E-state index in [1.807, 2.05) is 4.90 Å². The highest BCUT2D eigenvalue weighted by Crippen LogP contribution is 2.34. The number of carbonyl (C=O) groups is 1. The van der Waals surface area contributed by atoms with Crippen molar-refractivity contribution in [2.45, 2.75) is 63.5 Å². The fourth-order valence-electron chi connectivity index (χ4n) is 5.84. The van der Waals surface area contributed by atoms with Crippen LogP contribution in [0, 0.1) is 6.92 Å². The third kappa shape index (κ3) is 6.03. The molecule has 0 aliphatic carbocycles. The summed E-state index contributed by atoms with van der Waals surface area (Å²) in [5, 5.41) is 3.70. The SMILES string of the molecule is COc1nc(C(=O)N2CCC(NC3CCOCC3OC)CC2)c(C)c(N2CCc3ccc(C(F)(F)F)cc3C2)n1. The van der Waals surface area contributed by atoms with Gasteiger partial charge in [-0.05, 0) is 55.9 Å². The largest absolute Gasteiger partial charge is 0.467 e. The van der Waals surface area contributed by atoms with Gasteiger partial charge in [-0.15, -0.1) is 0 Å². The van der Waals surface area contributed by atoms with Crippen molar-refractivity contribution in [2.75, 3.05) is 52.0 Å². The molecule has 218 valence electrons. The smallest absolute Gasteiger partial charge is 0.416 e. The summed E-state index contributed by atoms with van der Waals surface area (Å²) >= 11 is 0. The number of nitrogens with zero attached hydrogens (tertiary/aromatic N) is 4. The minimum absolute atomic E-state index is 0.0183. The molecular formula is C28H36F3N5O4. The van der Waals surface area contributed by atoms with E-state index in [9.17, 15) is 18.0 Å². The van der Waals surface area contributed by atoms with E-state index in [0.717, 1.165) is 30.9 Å². The van der Waals surface area contributed by atoms with Crippen LogP contribution in [0.25, 0.3) is 0 Å². The second-order valence-electron chi connectivity index (χ2n) is 10.6. The first kappa shape index (κ1) is 28.6. The van der Waals surface area contributed by atoms with Gasteiger partial charge in [-0.2, -0.15) is 23.1 Å². The molecule has 3 aliphatic rings. The summed E-state index contributed by atoms with van der Waals surface area (Å²) in [5.74, 6) is 0.301. The topological polar surface area (TPSA) is 89.0 Å². The summed E-state index contributed by atoms with van der Waals surface area (Å²) in [4.78, 5) is 26.3. The number of alkyl halides is 3. The van der Waals surface area contributed by atoms with Crippen molar-refractivity contribution < 1.29 is 32.2 Å². The molecule has 1 amide bonds. The molecule has 5 rings (SSSR count). The van der Waals surface area contributed by atoms with Crippen molar-refractivity contribution in [1.29, 1.82) is 0 Å². The van der Waals surface area contributed by atoms with Gasteiger partial charge in [0.25, 0.3) is 5.91 Å². The number of fused-ring (bicyclic) bond motifs is 1. The molecule has 2 atom stereocenters. The van der Waals surface area contributed by atoms with Gasteiger partial charge >= 0.3 is 12.2 Å². The number of carbonyl (C=O) groups excluding carboxylic acids is 1. The van der Waals surface area contributed by atoms with Crippen molar-refractivity contribution in [3.05, 3.63) is 46.1 Å². The highest BCUT2D eigenvalue weighted by atomic mass is 19.4. The van der Waals surface area contributed by atoms with Crippen LogP contribution in [0.5, 0.6) is 6.01 Å². The van der Waals surface area contributed by atoms with Crippen molar-refractivity contribution in [3.63, 3.8) is 0 Å². The number of nitrogens with one attached hydrogen (secondary N) is 1. The van der Waals surface area contributed by atoms with Crippen molar-refractivity contribution in [1.82, 2.24) is 20.2 Å². The Labute approximate surface area is 232 Å². The van der Waals surface area contributed by atoms with Gasteiger partial charge < -0.3 is 29.3 Å². The molecule has 2 aromatic rings. The Morgan fingerprint density at radius 2 is 1.88 bits per heavy atom. The number of halogens is 3. The normalized spacial score (nSPS) is 22.2. The number of piperidine rings is 1. The molecular weight excluding hydrogens is 527 g/mol. The van der Waals surface area contributed by atoms with Crippen LogP contribution >= 0.6 is 0 Å². The number of hydrogen-bond acceptors (Lipinski definition) is 8. The van der Waals surface area contributed by atoms with Crippen LogP contribution in [0.1, 0.15) is 52.0 Å².